The number of aromatic nitrogens is 3. The number of nitrogens with two attached hydrogens (primary N) is 2. The molecule has 0 aliphatic carbocycles. The molecule has 208 valence electrons. The molecule has 10 nitrogen and oxygen atoms in total. The van der Waals surface area contributed by atoms with Crippen LogP contribution < -0.4 is 16.2 Å². The highest BCUT2D eigenvalue weighted by molar-refractivity contribution is 5.98. The van der Waals surface area contributed by atoms with E-state index < -0.39 is 46.8 Å². The molecule has 0 saturated carbocycles. The van der Waals surface area contributed by atoms with Crippen LogP contribution in [0, 0.1) is 5.82 Å². The first-order chi connectivity index (χ1) is 18.8. The molecule has 0 spiro atoms. The van der Waals surface area contributed by atoms with E-state index in [9.17, 15) is 35.9 Å². The third-order valence-corrected chi connectivity index (χ3v) is 5.21. The van der Waals surface area contributed by atoms with E-state index in [2.05, 4.69) is 20.1 Å². The SMILES string of the molecule is NC(=O)COc1ccc(/C(N)=N/OC(=O)c2cc3nc(-c4ccc(F)cc4)cc(C(F)(F)C(F)(F)F)n3n2)cc1. The third kappa shape index (κ3) is 5.79. The maximum absolute atomic E-state index is 14.5. The average molecular weight is 566 g/mol. The molecule has 0 atom stereocenters. The Hall–Kier alpha value is -5.15. The molecule has 2 heterocycles. The zero-order chi connectivity index (χ0) is 29.2. The first-order valence-corrected chi connectivity index (χ1v) is 10.9. The van der Waals surface area contributed by atoms with Crippen LogP contribution >= 0.6 is 0 Å². The van der Waals surface area contributed by atoms with Gasteiger partial charge < -0.3 is 21.0 Å². The second-order valence-electron chi connectivity index (χ2n) is 8.04. The quantitative estimate of drug-likeness (QED) is 0.109. The molecule has 0 radical (unpaired) electrons. The molecule has 4 rings (SSSR count). The van der Waals surface area contributed by atoms with Crippen LogP contribution in [0.5, 0.6) is 5.75 Å². The van der Waals surface area contributed by atoms with Crippen LogP contribution in [0.2, 0.25) is 0 Å². The van der Waals surface area contributed by atoms with Gasteiger partial charge in [0.05, 0.1) is 5.69 Å². The van der Waals surface area contributed by atoms with Crippen LogP contribution in [0.4, 0.5) is 26.3 Å². The summed E-state index contributed by atoms with van der Waals surface area (Å²) in [5, 5.41) is 6.94. The number of hydrogen-bond acceptors (Lipinski definition) is 7. The standard InChI is InChI=1S/C24H16F6N6O4/c25-14-5-1-12(2-6-14)16-9-18(23(26,27)24(28,29)30)36-20(33-16)10-17(34-36)22(38)40-35-21(32)13-3-7-15(8-4-13)39-11-19(31)37/h1-10H,11H2,(H2,31,37)(H2,32,35). The van der Waals surface area contributed by atoms with Crippen molar-refractivity contribution in [2.24, 2.45) is 16.6 Å². The largest absolute Gasteiger partial charge is 0.484 e. The summed E-state index contributed by atoms with van der Waals surface area (Å²) in [6, 6.07) is 11.1. The lowest BCUT2D eigenvalue weighted by atomic mass is 10.1. The van der Waals surface area contributed by atoms with Crippen molar-refractivity contribution < 1.29 is 45.5 Å². The predicted octanol–water partition coefficient (Wildman–Crippen LogP) is 3.53. The monoisotopic (exact) mass is 566 g/mol. The van der Waals surface area contributed by atoms with Gasteiger partial charge in [0.1, 0.15) is 17.3 Å². The molecule has 40 heavy (non-hydrogen) atoms. The van der Waals surface area contributed by atoms with Crippen LogP contribution in [0.15, 0.2) is 65.8 Å². The average Bonchev–Trinajstić information content (AvgIpc) is 3.34. The highest BCUT2D eigenvalue weighted by atomic mass is 19.4. The van der Waals surface area contributed by atoms with Crippen LogP contribution in [0.3, 0.4) is 0 Å². The van der Waals surface area contributed by atoms with Gasteiger partial charge in [0.25, 0.3) is 5.91 Å². The van der Waals surface area contributed by atoms with Crippen molar-refractivity contribution in [2.45, 2.75) is 12.1 Å². The van der Waals surface area contributed by atoms with E-state index in [1.165, 1.54) is 24.3 Å². The van der Waals surface area contributed by atoms with Gasteiger partial charge in [-0.25, -0.2) is 18.7 Å². The zero-order valence-electron chi connectivity index (χ0n) is 19.8. The Balaban J connectivity index is 1.65. The third-order valence-electron chi connectivity index (χ3n) is 5.21. The summed E-state index contributed by atoms with van der Waals surface area (Å²) < 4.78 is 87.2. The molecule has 0 fully saturated rings. The lowest BCUT2D eigenvalue weighted by Gasteiger charge is -2.21. The van der Waals surface area contributed by atoms with Crippen molar-refractivity contribution in [1.82, 2.24) is 14.6 Å². The van der Waals surface area contributed by atoms with Gasteiger partial charge in [-0.15, -0.1) is 0 Å². The Morgan fingerprint density at radius 3 is 2.20 bits per heavy atom. The van der Waals surface area contributed by atoms with E-state index in [0.29, 0.717) is 6.07 Å². The Bertz CT molecular complexity index is 1600. The first kappa shape index (κ1) is 27.9. The zero-order valence-corrected chi connectivity index (χ0v) is 19.8. The van der Waals surface area contributed by atoms with Crippen LogP contribution in [-0.2, 0) is 15.6 Å². The second kappa shape index (κ2) is 10.5. The Morgan fingerprint density at radius 1 is 0.950 bits per heavy atom. The highest BCUT2D eigenvalue weighted by Crippen LogP contribution is 2.44. The highest BCUT2D eigenvalue weighted by Gasteiger charge is 2.60. The fourth-order valence-corrected chi connectivity index (χ4v) is 3.28. The molecule has 4 N–H and O–H groups in total. The van der Waals surface area contributed by atoms with Crippen molar-refractivity contribution in [3.05, 3.63) is 83.4 Å². The van der Waals surface area contributed by atoms with E-state index in [1.54, 1.807) is 0 Å². The molecule has 2 aromatic heterocycles. The molecule has 4 aromatic rings. The number of oxime groups is 1. The number of primary amides is 1. The van der Waals surface area contributed by atoms with E-state index in [1.807, 2.05) is 0 Å². The van der Waals surface area contributed by atoms with Gasteiger partial charge in [-0.3, -0.25) is 4.79 Å². The molecule has 0 saturated heterocycles. The fourth-order valence-electron chi connectivity index (χ4n) is 3.28. The number of benzene rings is 2. The number of nitrogens with zero attached hydrogens (tertiary/aromatic N) is 4. The number of carbonyl (C=O) groups is 2. The predicted molar refractivity (Wildman–Crippen MR) is 126 cm³/mol. The maximum atomic E-state index is 14.5. The summed E-state index contributed by atoms with van der Waals surface area (Å²) in [5.74, 6) is -8.17. The van der Waals surface area contributed by atoms with Crippen molar-refractivity contribution >= 4 is 23.4 Å². The minimum absolute atomic E-state index is 0.0249. The molecule has 2 aromatic carbocycles. The van der Waals surface area contributed by atoms with Gasteiger partial charge in [-0.1, -0.05) is 5.16 Å². The van der Waals surface area contributed by atoms with Crippen molar-refractivity contribution in [1.29, 1.82) is 0 Å². The molecule has 1 amide bonds. The number of fused-ring (bicyclic) bond motifs is 1. The van der Waals surface area contributed by atoms with Crippen LogP contribution in [0.1, 0.15) is 21.7 Å². The van der Waals surface area contributed by atoms with Gasteiger partial charge in [-0.05, 0) is 54.6 Å². The van der Waals surface area contributed by atoms with Crippen molar-refractivity contribution in [2.75, 3.05) is 6.61 Å². The van der Waals surface area contributed by atoms with Gasteiger partial charge in [0.2, 0.25) is 0 Å². The van der Waals surface area contributed by atoms with Crippen molar-refractivity contribution in [3.8, 4) is 17.0 Å². The number of ether oxygens (including phenoxy) is 1. The Labute approximate surface area is 219 Å². The molecule has 0 unspecified atom stereocenters. The van der Waals surface area contributed by atoms with E-state index in [-0.39, 0.29) is 39.5 Å². The summed E-state index contributed by atoms with van der Waals surface area (Å²) in [4.78, 5) is 31.9. The van der Waals surface area contributed by atoms with E-state index >= 15 is 0 Å². The van der Waals surface area contributed by atoms with Gasteiger partial charge in [0, 0.05) is 17.2 Å². The first-order valence-electron chi connectivity index (χ1n) is 10.9. The summed E-state index contributed by atoms with van der Waals surface area (Å²) in [6.07, 6.45) is -6.02. The fraction of sp³-hybridized carbons (Fsp3) is 0.125. The molecule has 0 aliphatic heterocycles. The van der Waals surface area contributed by atoms with Gasteiger partial charge in [0.15, 0.2) is 23.8 Å². The number of rotatable bonds is 8. The number of amidine groups is 1. The van der Waals surface area contributed by atoms with E-state index in [4.69, 9.17) is 16.2 Å². The molecular weight excluding hydrogens is 550 g/mol. The summed E-state index contributed by atoms with van der Waals surface area (Å²) in [5.41, 5.74) is 7.73. The van der Waals surface area contributed by atoms with Crippen LogP contribution in [-0.4, -0.2) is 45.1 Å². The lowest BCUT2D eigenvalue weighted by Crippen LogP contribution is -2.36. The molecular formula is C24H16F6N6O4. The number of alkyl halides is 5. The minimum atomic E-state index is -6.02. The van der Waals surface area contributed by atoms with Crippen LogP contribution in [0.25, 0.3) is 16.9 Å². The Morgan fingerprint density at radius 2 is 1.60 bits per heavy atom. The topological polar surface area (TPSA) is 147 Å². The number of amides is 1. The van der Waals surface area contributed by atoms with Gasteiger partial charge >= 0.3 is 18.1 Å². The van der Waals surface area contributed by atoms with Crippen molar-refractivity contribution in [3.63, 3.8) is 0 Å². The smallest absolute Gasteiger partial charge is 0.459 e. The second-order valence-corrected chi connectivity index (χ2v) is 8.04. The molecule has 0 aliphatic rings. The number of hydrogen-bond donors (Lipinski definition) is 2. The molecule has 0 bridgehead atoms. The van der Waals surface area contributed by atoms with Gasteiger partial charge in [-0.2, -0.15) is 27.1 Å². The minimum Gasteiger partial charge on any atom is -0.484 e. The number of halogens is 6. The summed E-state index contributed by atoms with van der Waals surface area (Å²) in [7, 11) is 0. The molecule has 16 heteroatoms. The maximum Gasteiger partial charge on any atom is 0.459 e. The van der Waals surface area contributed by atoms with E-state index in [0.717, 1.165) is 30.3 Å². The summed E-state index contributed by atoms with van der Waals surface area (Å²) >= 11 is 0. The lowest BCUT2D eigenvalue weighted by molar-refractivity contribution is -0.291. The number of carbonyl (C=O) groups excluding carboxylic acids is 2. The normalized spacial score (nSPS) is 12.4. The summed E-state index contributed by atoms with van der Waals surface area (Å²) in [6.45, 7) is -0.365. The Kier molecular flexibility index (Phi) is 7.35.